The first-order valence-electron chi connectivity index (χ1n) is 4.01. The van der Waals surface area contributed by atoms with E-state index in [1.54, 1.807) is 12.0 Å². The van der Waals surface area contributed by atoms with Crippen LogP contribution in [-0.4, -0.2) is 37.1 Å². The van der Waals surface area contributed by atoms with E-state index in [0.717, 1.165) is 6.42 Å². The third-order valence-electron chi connectivity index (χ3n) is 2.07. The van der Waals surface area contributed by atoms with Crippen molar-refractivity contribution in [3.05, 3.63) is 0 Å². The van der Waals surface area contributed by atoms with E-state index in [2.05, 4.69) is 5.92 Å². The molecule has 0 spiro atoms. The zero-order valence-electron chi connectivity index (χ0n) is 7.25. The van der Waals surface area contributed by atoms with Gasteiger partial charge in [-0.2, -0.15) is 0 Å². The second-order valence-corrected chi connectivity index (χ2v) is 2.87. The van der Waals surface area contributed by atoms with Crippen molar-refractivity contribution in [1.82, 2.24) is 4.90 Å². The number of hydrogen-bond donors (Lipinski definition) is 0. The fourth-order valence-corrected chi connectivity index (χ4v) is 1.47. The van der Waals surface area contributed by atoms with Gasteiger partial charge in [-0.3, -0.25) is 4.79 Å². The molecule has 1 atom stereocenters. The largest absolute Gasteiger partial charge is 0.383 e. The highest BCUT2D eigenvalue weighted by Crippen LogP contribution is 2.17. The zero-order chi connectivity index (χ0) is 8.97. The topological polar surface area (TPSA) is 29.5 Å². The Kier molecular flexibility index (Phi) is 3.12. The van der Waals surface area contributed by atoms with Gasteiger partial charge < -0.3 is 9.64 Å². The smallest absolute Gasteiger partial charge is 0.223 e. The van der Waals surface area contributed by atoms with Crippen LogP contribution in [0.15, 0.2) is 0 Å². The number of ether oxygens (including phenoxy) is 1. The quantitative estimate of drug-likeness (QED) is 0.564. The number of nitrogens with zero attached hydrogens (tertiary/aromatic N) is 1. The first-order chi connectivity index (χ1) is 5.79. The average Bonchev–Trinajstić information content (AvgIpc) is 2.37. The molecule has 1 aliphatic heterocycles. The molecule has 0 N–H and O–H groups in total. The number of methoxy groups -OCH3 is 1. The molecule has 0 bridgehead atoms. The van der Waals surface area contributed by atoms with Gasteiger partial charge in [-0.05, 0) is 6.42 Å². The molecule has 3 nitrogen and oxygen atoms in total. The van der Waals surface area contributed by atoms with Crippen molar-refractivity contribution in [3.63, 3.8) is 0 Å². The van der Waals surface area contributed by atoms with Gasteiger partial charge in [0.15, 0.2) is 0 Å². The van der Waals surface area contributed by atoms with Crippen LogP contribution in [0, 0.1) is 12.3 Å². The average molecular weight is 167 g/mol. The van der Waals surface area contributed by atoms with Gasteiger partial charge in [-0.1, -0.05) is 5.92 Å². The lowest BCUT2D eigenvalue weighted by molar-refractivity contribution is -0.128. The van der Waals surface area contributed by atoms with Crippen LogP contribution in [0.3, 0.4) is 0 Å². The summed E-state index contributed by atoms with van der Waals surface area (Å²) in [4.78, 5) is 12.9. The second kappa shape index (κ2) is 4.13. The summed E-state index contributed by atoms with van der Waals surface area (Å²) in [5, 5.41) is 0. The SMILES string of the molecule is C#CCN1C(=O)CC[C@@H]1COC. The highest BCUT2D eigenvalue weighted by atomic mass is 16.5. The maximum Gasteiger partial charge on any atom is 0.223 e. The number of carbonyl (C=O) groups excluding carboxylic acids is 1. The molecule has 0 unspecified atom stereocenters. The molecule has 1 heterocycles. The molecule has 0 aromatic heterocycles. The van der Waals surface area contributed by atoms with E-state index >= 15 is 0 Å². The normalized spacial score (nSPS) is 22.8. The molecule has 1 aliphatic rings. The maximum atomic E-state index is 11.2. The van der Waals surface area contributed by atoms with Gasteiger partial charge in [0.25, 0.3) is 0 Å². The number of amides is 1. The molecule has 1 fully saturated rings. The number of carbonyl (C=O) groups is 1. The molecule has 66 valence electrons. The van der Waals surface area contributed by atoms with Crippen molar-refractivity contribution in [1.29, 1.82) is 0 Å². The minimum Gasteiger partial charge on any atom is -0.383 e. The minimum atomic E-state index is 0.148. The van der Waals surface area contributed by atoms with Gasteiger partial charge in [0.05, 0.1) is 19.2 Å². The Bertz CT molecular complexity index is 207. The molecule has 1 rings (SSSR count). The van der Waals surface area contributed by atoms with Crippen molar-refractivity contribution in [2.75, 3.05) is 20.3 Å². The predicted octanol–water partition coefficient (Wildman–Crippen LogP) is 0.257. The summed E-state index contributed by atoms with van der Waals surface area (Å²) in [6, 6.07) is 0.193. The third kappa shape index (κ3) is 1.77. The molecule has 0 saturated carbocycles. The van der Waals surface area contributed by atoms with E-state index in [1.807, 2.05) is 0 Å². The van der Waals surface area contributed by atoms with Crippen LogP contribution >= 0.6 is 0 Å². The highest BCUT2D eigenvalue weighted by molar-refractivity contribution is 5.79. The lowest BCUT2D eigenvalue weighted by Crippen LogP contribution is -2.36. The van der Waals surface area contributed by atoms with Crippen molar-refractivity contribution >= 4 is 5.91 Å². The summed E-state index contributed by atoms with van der Waals surface area (Å²) >= 11 is 0. The summed E-state index contributed by atoms with van der Waals surface area (Å²) in [6.45, 7) is 1.00. The fourth-order valence-electron chi connectivity index (χ4n) is 1.47. The van der Waals surface area contributed by atoms with E-state index in [0.29, 0.717) is 19.6 Å². The van der Waals surface area contributed by atoms with E-state index in [9.17, 15) is 4.79 Å². The summed E-state index contributed by atoms with van der Waals surface area (Å²) in [7, 11) is 1.64. The van der Waals surface area contributed by atoms with Crippen LogP contribution in [-0.2, 0) is 9.53 Å². The number of terminal acetylenes is 1. The van der Waals surface area contributed by atoms with Crippen LogP contribution in [0.2, 0.25) is 0 Å². The summed E-state index contributed by atoms with van der Waals surface area (Å²) < 4.78 is 4.99. The Morgan fingerprint density at radius 3 is 3.17 bits per heavy atom. The Morgan fingerprint density at radius 2 is 2.58 bits per heavy atom. The monoisotopic (exact) mass is 167 g/mol. The van der Waals surface area contributed by atoms with Crippen LogP contribution in [0.4, 0.5) is 0 Å². The van der Waals surface area contributed by atoms with Crippen molar-refractivity contribution in [2.24, 2.45) is 0 Å². The molecule has 1 amide bonds. The van der Waals surface area contributed by atoms with Crippen LogP contribution < -0.4 is 0 Å². The standard InChI is InChI=1S/C9H13NO2/c1-3-6-10-8(7-12-2)4-5-9(10)11/h1,8H,4-7H2,2H3/t8-/m1/s1. The van der Waals surface area contributed by atoms with Crippen molar-refractivity contribution < 1.29 is 9.53 Å². The molecular formula is C9H13NO2. The maximum absolute atomic E-state index is 11.2. The van der Waals surface area contributed by atoms with Crippen LogP contribution in [0.25, 0.3) is 0 Å². The highest BCUT2D eigenvalue weighted by Gasteiger charge is 2.29. The Labute approximate surface area is 72.7 Å². The molecule has 12 heavy (non-hydrogen) atoms. The second-order valence-electron chi connectivity index (χ2n) is 2.87. The lowest BCUT2D eigenvalue weighted by Gasteiger charge is -2.21. The number of hydrogen-bond acceptors (Lipinski definition) is 2. The summed E-state index contributed by atoms with van der Waals surface area (Å²) in [6.07, 6.45) is 6.62. The fraction of sp³-hybridized carbons (Fsp3) is 0.667. The molecule has 1 saturated heterocycles. The molecule has 3 heteroatoms. The minimum absolute atomic E-state index is 0.148. The lowest BCUT2D eigenvalue weighted by atomic mass is 10.2. The first-order valence-corrected chi connectivity index (χ1v) is 4.01. The molecule has 0 aliphatic carbocycles. The molecule has 0 radical (unpaired) electrons. The van der Waals surface area contributed by atoms with Crippen molar-refractivity contribution in [2.45, 2.75) is 18.9 Å². The van der Waals surface area contributed by atoms with Gasteiger partial charge in [0.1, 0.15) is 0 Å². The van der Waals surface area contributed by atoms with Crippen molar-refractivity contribution in [3.8, 4) is 12.3 Å². The van der Waals surface area contributed by atoms with Gasteiger partial charge in [0, 0.05) is 13.5 Å². The first kappa shape index (κ1) is 9.08. The van der Waals surface area contributed by atoms with Gasteiger partial charge in [-0.15, -0.1) is 6.42 Å². The Balaban J connectivity index is 2.52. The van der Waals surface area contributed by atoms with E-state index in [4.69, 9.17) is 11.2 Å². The van der Waals surface area contributed by atoms with E-state index < -0.39 is 0 Å². The molecular weight excluding hydrogens is 154 g/mol. The third-order valence-corrected chi connectivity index (χ3v) is 2.07. The van der Waals surface area contributed by atoms with Crippen LogP contribution in [0.5, 0.6) is 0 Å². The summed E-state index contributed by atoms with van der Waals surface area (Å²) in [5.74, 6) is 2.63. The van der Waals surface area contributed by atoms with E-state index in [-0.39, 0.29) is 11.9 Å². The van der Waals surface area contributed by atoms with E-state index in [1.165, 1.54) is 0 Å². The van der Waals surface area contributed by atoms with Crippen LogP contribution in [0.1, 0.15) is 12.8 Å². The van der Waals surface area contributed by atoms with Gasteiger partial charge in [0.2, 0.25) is 5.91 Å². The Hall–Kier alpha value is -1.01. The zero-order valence-corrected chi connectivity index (χ0v) is 7.25. The predicted molar refractivity (Wildman–Crippen MR) is 45.4 cm³/mol. The van der Waals surface area contributed by atoms with Gasteiger partial charge >= 0.3 is 0 Å². The van der Waals surface area contributed by atoms with Gasteiger partial charge in [-0.25, -0.2) is 0 Å². The number of rotatable bonds is 3. The number of likely N-dealkylation sites (tertiary alicyclic amines) is 1. The molecule has 0 aromatic rings. The molecule has 0 aromatic carbocycles. The summed E-state index contributed by atoms with van der Waals surface area (Å²) in [5.41, 5.74) is 0. The Morgan fingerprint density at radius 1 is 1.83 bits per heavy atom.